The molecule has 1 aromatic carbocycles. The van der Waals surface area contributed by atoms with Crippen molar-refractivity contribution in [3.05, 3.63) is 47.9 Å². The molecule has 3 aromatic rings. The van der Waals surface area contributed by atoms with Crippen molar-refractivity contribution in [1.29, 1.82) is 5.26 Å². The number of carbonyl (C=O) groups excluding carboxylic acids is 1. The molecule has 0 aliphatic rings. The van der Waals surface area contributed by atoms with Crippen molar-refractivity contribution < 1.29 is 18.7 Å². The minimum atomic E-state index is -0.665. The highest BCUT2D eigenvalue weighted by Gasteiger charge is 2.18. The lowest BCUT2D eigenvalue weighted by atomic mass is 10.1. The van der Waals surface area contributed by atoms with Gasteiger partial charge in [-0.25, -0.2) is 9.78 Å². The van der Waals surface area contributed by atoms with Gasteiger partial charge in [0.05, 0.1) is 18.6 Å². The van der Waals surface area contributed by atoms with Gasteiger partial charge in [0, 0.05) is 5.56 Å². The average molecular weight is 365 g/mol. The van der Waals surface area contributed by atoms with Crippen molar-refractivity contribution in [3.63, 3.8) is 0 Å². The zero-order valence-corrected chi connectivity index (χ0v) is 14.3. The minimum Gasteiger partial charge on any atom is -0.490 e. The van der Waals surface area contributed by atoms with Crippen LogP contribution in [-0.4, -0.2) is 22.5 Å². The summed E-state index contributed by atoms with van der Waals surface area (Å²) in [4.78, 5) is 20.0. The standard InChI is InChI=1S/C18H15N5O4/c1-2-25-14-8-10(15-11(9-19)16(20)23-18(21)22-15)5-6-12(14)27-17(24)13-4-3-7-26-13/h3-8H,2H2,1H3,(H4,20,21,22,23). The van der Waals surface area contributed by atoms with Crippen LogP contribution < -0.4 is 20.9 Å². The average Bonchev–Trinajstić information content (AvgIpc) is 3.17. The second-order valence-corrected chi connectivity index (χ2v) is 5.26. The van der Waals surface area contributed by atoms with Crippen LogP contribution in [0.2, 0.25) is 0 Å². The van der Waals surface area contributed by atoms with Crippen LogP contribution in [0.25, 0.3) is 11.3 Å². The summed E-state index contributed by atoms with van der Waals surface area (Å²) in [5, 5.41) is 9.34. The molecular formula is C18H15N5O4. The van der Waals surface area contributed by atoms with Gasteiger partial charge in [-0.15, -0.1) is 0 Å². The van der Waals surface area contributed by atoms with Gasteiger partial charge in [0.25, 0.3) is 0 Å². The molecular weight excluding hydrogens is 350 g/mol. The predicted octanol–water partition coefficient (Wildman–Crippen LogP) is 2.39. The van der Waals surface area contributed by atoms with Crippen molar-refractivity contribution in [3.8, 4) is 28.8 Å². The van der Waals surface area contributed by atoms with E-state index >= 15 is 0 Å². The Labute approximate surface area is 154 Å². The van der Waals surface area contributed by atoms with Crippen LogP contribution in [-0.2, 0) is 0 Å². The molecule has 0 atom stereocenters. The van der Waals surface area contributed by atoms with E-state index in [0.29, 0.717) is 12.2 Å². The molecule has 2 heterocycles. The lowest BCUT2D eigenvalue weighted by molar-refractivity contribution is 0.0695. The van der Waals surface area contributed by atoms with Crippen LogP contribution in [0.15, 0.2) is 41.0 Å². The molecule has 0 unspecified atom stereocenters. The largest absolute Gasteiger partial charge is 0.490 e. The van der Waals surface area contributed by atoms with Gasteiger partial charge in [-0.1, -0.05) is 0 Å². The molecule has 3 rings (SSSR count). The second-order valence-electron chi connectivity index (χ2n) is 5.26. The minimum absolute atomic E-state index is 0.0220. The van der Waals surface area contributed by atoms with E-state index in [9.17, 15) is 10.1 Å². The summed E-state index contributed by atoms with van der Waals surface area (Å²) in [5.41, 5.74) is 12.3. The van der Waals surface area contributed by atoms with Gasteiger partial charge in [0.1, 0.15) is 17.5 Å². The topological polar surface area (TPSA) is 150 Å². The number of hydrogen-bond donors (Lipinski definition) is 2. The summed E-state index contributed by atoms with van der Waals surface area (Å²) in [6.45, 7) is 2.11. The third-order valence-electron chi connectivity index (χ3n) is 3.51. The number of carbonyl (C=O) groups is 1. The highest BCUT2D eigenvalue weighted by atomic mass is 16.6. The van der Waals surface area contributed by atoms with E-state index in [1.165, 1.54) is 18.4 Å². The Morgan fingerprint density at radius 3 is 2.74 bits per heavy atom. The molecule has 4 N–H and O–H groups in total. The molecule has 0 aliphatic heterocycles. The summed E-state index contributed by atoms with van der Waals surface area (Å²) >= 11 is 0. The molecule has 0 radical (unpaired) electrons. The maximum absolute atomic E-state index is 12.1. The first-order valence-corrected chi connectivity index (χ1v) is 7.89. The Morgan fingerprint density at radius 2 is 2.07 bits per heavy atom. The van der Waals surface area contributed by atoms with Crippen molar-refractivity contribution in [2.75, 3.05) is 18.1 Å². The van der Waals surface area contributed by atoms with Gasteiger partial charge < -0.3 is 25.4 Å². The van der Waals surface area contributed by atoms with Crippen molar-refractivity contribution in [2.45, 2.75) is 6.92 Å². The Bertz CT molecular complexity index is 1020. The van der Waals surface area contributed by atoms with Gasteiger partial charge in [0.15, 0.2) is 11.5 Å². The fraction of sp³-hybridized carbons (Fsp3) is 0.111. The van der Waals surface area contributed by atoms with E-state index in [-0.39, 0.29) is 40.3 Å². The normalized spacial score (nSPS) is 10.2. The highest BCUT2D eigenvalue weighted by molar-refractivity contribution is 5.88. The third kappa shape index (κ3) is 3.64. The van der Waals surface area contributed by atoms with Crippen LogP contribution in [0, 0.1) is 11.3 Å². The summed E-state index contributed by atoms with van der Waals surface area (Å²) in [6.07, 6.45) is 1.37. The van der Waals surface area contributed by atoms with E-state index < -0.39 is 5.97 Å². The van der Waals surface area contributed by atoms with E-state index in [1.54, 1.807) is 25.1 Å². The van der Waals surface area contributed by atoms with Gasteiger partial charge in [-0.3, -0.25) is 0 Å². The van der Waals surface area contributed by atoms with Crippen LogP contribution >= 0.6 is 0 Å². The van der Waals surface area contributed by atoms with E-state index in [1.807, 2.05) is 6.07 Å². The Morgan fingerprint density at radius 1 is 1.26 bits per heavy atom. The predicted molar refractivity (Wildman–Crippen MR) is 95.8 cm³/mol. The second kappa shape index (κ2) is 7.45. The molecule has 9 nitrogen and oxygen atoms in total. The number of nitrogens with zero attached hydrogens (tertiary/aromatic N) is 3. The van der Waals surface area contributed by atoms with Gasteiger partial charge >= 0.3 is 5.97 Å². The molecule has 0 spiro atoms. The molecule has 0 saturated heterocycles. The van der Waals surface area contributed by atoms with Crippen LogP contribution in [0.1, 0.15) is 23.0 Å². The molecule has 0 saturated carbocycles. The number of rotatable bonds is 5. The lowest BCUT2D eigenvalue weighted by Gasteiger charge is -2.13. The number of ether oxygens (including phenoxy) is 2. The summed E-state index contributed by atoms with van der Waals surface area (Å²) < 4.78 is 15.9. The van der Waals surface area contributed by atoms with E-state index in [2.05, 4.69) is 9.97 Å². The maximum atomic E-state index is 12.1. The number of anilines is 2. The molecule has 0 amide bonds. The fourth-order valence-electron chi connectivity index (χ4n) is 2.37. The number of nitriles is 1. The zero-order valence-electron chi connectivity index (χ0n) is 14.3. The van der Waals surface area contributed by atoms with Gasteiger partial charge in [-0.2, -0.15) is 10.2 Å². The first kappa shape index (κ1) is 17.8. The zero-order chi connectivity index (χ0) is 19.4. The van der Waals surface area contributed by atoms with E-state index in [4.69, 9.17) is 25.4 Å². The Kier molecular flexibility index (Phi) is 4.90. The number of nitrogen functional groups attached to an aromatic ring is 2. The number of nitrogens with two attached hydrogens (primary N) is 2. The summed E-state index contributed by atoms with van der Waals surface area (Å²) in [7, 11) is 0. The molecule has 136 valence electrons. The van der Waals surface area contributed by atoms with Crippen molar-refractivity contribution in [2.24, 2.45) is 0 Å². The molecule has 9 heteroatoms. The van der Waals surface area contributed by atoms with Crippen LogP contribution in [0.3, 0.4) is 0 Å². The monoisotopic (exact) mass is 365 g/mol. The Balaban J connectivity index is 2.02. The highest BCUT2D eigenvalue weighted by Crippen LogP contribution is 2.34. The molecule has 0 fully saturated rings. The van der Waals surface area contributed by atoms with E-state index in [0.717, 1.165) is 0 Å². The lowest BCUT2D eigenvalue weighted by Crippen LogP contribution is -2.09. The summed E-state index contributed by atoms with van der Waals surface area (Å²) in [6, 6.07) is 9.74. The number of furan rings is 1. The molecule has 27 heavy (non-hydrogen) atoms. The van der Waals surface area contributed by atoms with Gasteiger partial charge in [-0.05, 0) is 37.3 Å². The number of hydrogen-bond acceptors (Lipinski definition) is 9. The molecule has 0 bridgehead atoms. The third-order valence-corrected chi connectivity index (χ3v) is 3.51. The Hall–Kier alpha value is -4.06. The summed E-state index contributed by atoms with van der Waals surface area (Å²) in [5.74, 6) is -0.212. The van der Waals surface area contributed by atoms with Gasteiger partial charge in [0.2, 0.25) is 11.7 Å². The van der Waals surface area contributed by atoms with Crippen molar-refractivity contribution >= 4 is 17.7 Å². The number of benzene rings is 1. The van der Waals surface area contributed by atoms with Crippen LogP contribution in [0.5, 0.6) is 11.5 Å². The number of aromatic nitrogens is 2. The molecule has 2 aromatic heterocycles. The quantitative estimate of drug-likeness (QED) is 0.513. The van der Waals surface area contributed by atoms with Crippen LogP contribution in [0.4, 0.5) is 11.8 Å². The maximum Gasteiger partial charge on any atom is 0.379 e. The molecule has 0 aliphatic carbocycles. The first-order chi connectivity index (χ1) is 13.0. The SMILES string of the molecule is CCOc1cc(-c2nc(N)nc(N)c2C#N)ccc1OC(=O)c1ccco1. The first-order valence-electron chi connectivity index (χ1n) is 7.89. The van der Waals surface area contributed by atoms with Crippen molar-refractivity contribution in [1.82, 2.24) is 9.97 Å². The number of esters is 1. The fourth-order valence-corrected chi connectivity index (χ4v) is 2.37. The smallest absolute Gasteiger partial charge is 0.379 e.